The van der Waals surface area contributed by atoms with Gasteiger partial charge in [-0.1, -0.05) is 6.07 Å². The van der Waals surface area contributed by atoms with Gasteiger partial charge in [0.25, 0.3) is 0 Å². The number of imidazole rings is 1. The van der Waals surface area contributed by atoms with E-state index in [1.165, 1.54) is 0 Å². The summed E-state index contributed by atoms with van der Waals surface area (Å²) in [5.41, 5.74) is 8.72. The van der Waals surface area contributed by atoms with E-state index in [4.69, 9.17) is 5.73 Å². The van der Waals surface area contributed by atoms with Crippen molar-refractivity contribution in [2.24, 2.45) is 0 Å². The number of rotatable bonds is 1. The molecule has 92 valence electrons. The molecule has 4 aromatic rings. The van der Waals surface area contributed by atoms with Crippen LogP contribution in [0.2, 0.25) is 0 Å². The topological polar surface area (TPSA) is 97.8 Å². The largest absolute Gasteiger partial charge is 0.382 e. The van der Waals surface area contributed by atoms with Gasteiger partial charge in [-0.15, -0.1) is 0 Å². The zero-order valence-corrected chi connectivity index (χ0v) is 9.78. The zero-order chi connectivity index (χ0) is 12.8. The molecule has 0 bridgehead atoms. The van der Waals surface area contributed by atoms with Crippen molar-refractivity contribution in [1.29, 1.82) is 0 Å². The zero-order valence-electron chi connectivity index (χ0n) is 9.78. The molecule has 0 amide bonds. The van der Waals surface area contributed by atoms with E-state index >= 15 is 0 Å². The number of nitrogens with two attached hydrogens (primary N) is 1. The van der Waals surface area contributed by atoms with E-state index in [1.807, 2.05) is 35.0 Å². The smallest absolute Gasteiger partial charge is 0.182 e. The molecule has 3 N–H and O–H groups in total. The second-order valence-corrected chi connectivity index (χ2v) is 4.15. The van der Waals surface area contributed by atoms with E-state index in [9.17, 15) is 0 Å². The molecule has 0 unspecified atom stereocenters. The van der Waals surface area contributed by atoms with Crippen LogP contribution in [0.25, 0.3) is 28.2 Å². The molecule has 4 rings (SSSR count). The van der Waals surface area contributed by atoms with Crippen molar-refractivity contribution in [3.05, 3.63) is 36.8 Å². The van der Waals surface area contributed by atoms with Crippen molar-refractivity contribution in [2.75, 3.05) is 5.73 Å². The first-order valence-electron chi connectivity index (χ1n) is 5.72. The second kappa shape index (κ2) is 3.52. The van der Waals surface area contributed by atoms with Crippen LogP contribution >= 0.6 is 0 Å². The van der Waals surface area contributed by atoms with Gasteiger partial charge in [0.2, 0.25) is 0 Å². The summed E-state index contributed by atoms with van der Waals surface area (Å²) in [4.78, 5) is 13.1. The van der Waals surface area contributed by atoms with Crippen LogP contribution < -0.4 is 5.73 Å². The van der Waals surface area contributed by atoms with E-state index in [0.717, 1.165) is 5.65 Å². The highest BCUT2D eigenvalue weighted by molar-refractivity contribution is 5.85. The van der Waals surface area contributed by atoms with Gasteiger partial charge in [-0.2, -0.15) is 5.10 Å². The molecule has 19 heavy (non-hydrogen) atoms. The van der Waals surface area contributed by atoms with Crippen LogP contribution in [-0.2, 0) is 0 Å². The maximum atomic E-state index is 5.88. The summed E-state index contributed by atoms with van der Waals surface area (Å²) in [7, 11) is 0. The van der Waals surface area contributed by atoms with Crippen LogP contribution in [-0.4, -0.2) is 29.5 Å². The van der Waals surface area contributed by atoms with Crippen LogP contribution in [0.3, 0.4) is 0 Å². The number of anilines is 1. The molecule has 0 saturated carbocycles. The Labute approximate surface area is 107 Å². The number of nitrogen functional groups attached to an aromatic ring is 1. The molecule has 7 heteroatoms. The maximum absolute atomic E-state index is 5.88. The van der Waals surface area contributed by atoms with Crippen LogP contribution in [0.1, 0.15) is 0 Å². The van der Waals surface area contributed by atoms with Crippen molar-refractivity contribution < 1.29 is 0 Å². The minimum atomic E-state index is 0.370. The fraction of sp³-hybridized carbons (Fsp3) is 0. The minimum Gasteiger partial charge on any atom is -0.382 e. The van der Waals surface area contributed by atoms with Gasteiger partial charge < -0.3 is 10.1 Å². The number of pyridine rings is 1. The third-order valence-corrected chi connectivity index (χ3v) is 2.92. The average molecular weight is 251 g/mol. The summed E-state index contributed by atoms with van der Waals surface area (Å²) in [5, 5.41) is 6.67. The normalized spacial score (nSPS) is 11.4. The fourth-order valence-corrected chi connectivity index (χ4v) is 2.02. The Hall–Kier alpha value is -2.96. The standard InChI is InChI=1S/C12H9N7/c13-11-10-7(5-14-18-10)16-12(17-11)8-6-19-4-2-1-3-9(19)15-8/h1-6H,(H,14,18)(H2,13,16,17). The monoisotopic (exact) mass is 251 g/mol. The second-order valence-electron chi connectivity index (χ2n) is 4.15. The van der Waals surface area contributed by atoms with Gasteiger partial charge >= 0.3 is 0 Å². The van der Waals surface area contributed by atoms with E-state index in [0.29, 0.717) is 28.4 Å². The number of aromatic nitrogens is 6. The summed E-state index contributed by atoms with van der Waals surface area (Å²) in [6.45, 7) is 0. The first-order chi connectivity index (χ1) is 9.31. The Bertz CT molecular complexity index is 856. The minimum absolute atomic E-state index is 0.370. The highest BCUT2D eigenvalue weighted by Crippen LogP contribution is 2.20. The van der Waals surface area contributed by atoms with Crippen molar-refractivity contribution in [1.82, 2.24) is 29.5 Å². The lowest BCUT2D eigenvalue weighted by molar-refractivity contribution is 1.11. The highest BCUT2D eigenvalue weighted by atomic mass is 15.1. The third-order valence-electron chi connectivity index (χ3n) is 2.92. The summed E-state index contributed by atoms with van der Waals surface area (Å²) < 4.78 is 1.91. The third kappa shape index (κ3) is 1.45. The number of H-pyrrole nitrogens is 1. The molecule has 0 aliphatic heterocycles. The Morgan fingerprint density at radius 1 is 1.16 bits per heavy atom. The highest BCUT2D eigenvalue weighted by Gasteiger charge is 2.11. The van der Waals surface area contributed by atoms with Gasteiger partial charge in [-0.3, -0.25) is 5.10 Å². The molecule has 0 aliphatic rings. The lowest BCUT2D eigenvalue weighted by atomic mass is 10.4. The van der Waals surface area contributed by atoms with Crippen LogP contribution in [0, 0.1) is 0 Å². The van der Waals surface area contributed by atoms with E-state index in [2.05, 4.69) is 25.1 Å². The molecule has 4 heterocycles. The molecular weight excluding hydrogens is 242 g/mol. The number of hydrogen-bond donors (Lipinski definition) is 2. The Morgan fingerprint density at radius 2 is 2.11 bits per heavy atom. The predicted molar refractivity (Wildman–Crippen MR) is 70.3 cm³/mol. The predicted octanol–water partition coefficient (Wildman–Crippen LogP) is 1.25. The summed E-state index contributed by atoms with van der Waals surface area (Å²) in [6, 6.07) is 5.79. The number of fused-ring (bicyclic) bond motifs is 2. The van der Waals surface area contributed by atoms with Gasteiger partial charge in [-0.25, -0.2) is 15.0 Å². The lowest BCUT2D eigenvalue weighted by Crippen LogP contribution is -1.97. The first kappa shape index (κ1) is 10.0. The Kier molecular flexibility index (Phi) is 1.85. The van der Waals surface area contributed by atoms with E-state index < -0.39 is 0 Å². The van der Waals surface area contributed by atoms with Crippen molar-refractivity contribution in [2.45, 2.75) is 0 Å². The van der Waals surface area contributed by atoms with Crippen molar-refractivity contribution in [3.8, 4) is 11.5 Å². The molecule has 0 aliphatic carbocycles. The lowest BCUT2D eigenvalue weighted by Gasteiger charge is -1.98. The fourth-order valence-electron chi connectivity index (χ4n) is 2.02. The van der Waals surface area contributed by atoms with Gasteiger partial charge in [0.05, 0.1) is 6.20 Å². The van der Waals surface area contributed by atoms with E-state index in [1.54, 1.807) is 6.20 Å². The molecule has 7 nitrogen and oxygen atoms in total. The molecule has 0 spiro atoms. The molecule has 0 aromatic carbocycles. The van der Waals surface area contributed by atoms with Gasteiger partial charge in [0.1, 0.15) is 22.4 Å². The van der Waals surface area contributed by atoms with Crippen LogP contribution in [0.15, 0.2) is 36.8 Å². The average Bonchev–Trinajstić information content (AvgIpc) is 3.04. The van der Waals surface area contributed by atoms with Crippen LogP contribution in [0.5, 0.6) is 0 Å². The molecule has 0 fully saturated rings. The molecule has 0 atom stereocenters. The first-order valence-corrected chi connectivity index (χ1v) is 5.72. The van der Waals surface area contributed by atoms with Crippen molar-refractivity contribution >= 4 is 22.5 Å². The Morgan fingerprint density at radius 3 is 3.00 bits per heavy atom. The van der Waals surface area contributed by atoms with Gasteiger partial charge in [0, 0.05) is 12.4 Å². The molecule has 0 radical (unpaired) electrons. The van der Waals surface area contributed by atoms with Gasteiger partial charge in [0.15, 0.2) is 11.6 Å². The number of nitrogens with zero attached hydrogens (tertiary/aromatic N) is 5. The number of hydrogen-bond acceptors (Lipinski definition) is 5. The Balaban J connectivity index is 1.97. The maximum Gasteiger partial charge on any atom is 0.182 e. The quantitative estimate of drug-likeness (QED) is 0.530. The summed E-state index contributed by atoms with van der Waals surface area (Å²) >= 11 is 0. The van der Waals surface area contributed by atoms with Crippen molar-refractivity contribution in [3.63, 3.8) is 0 Å². The SMILES string of the molecule is Nc1nc(-c2cn3ccccc3n2)nc2cn[nH]c12. The number of aromatic amines is 1. The molecule has 0 saturated heterocycles. The molecular formula is C12H9N7. The summed E-state index contributed by atoms with van der Waals surface area (Å²) in [5.74, 6) is 0.865. The molecule has 4 aromatic heterocycles. The number of nitrogens with one attached hydrogen (secondary N) is 1. The van der Waals surface area contributed by atoms with Crippen LogP contribution in [0.4, 0.5) is 5.82 Å². The van der Waals surface area contributed by atoms with Gasteiger partial charge in [-0.05, 0) is 12.1 Å². The van der Waals surface area contributed by atoms with E-state index in [-0.39, 0.29) is 0 Å². The summed E-state index contributed by atoms with van der Waals surface area (Å²) in [6.07, 6.45) is 5.41.